The standard InChI is InChI=1S/C16H35N3/c1-6-15-14-18(5)11-9-13-19(15)12-8-7-10-17-16(2,3)4/h15,17H,6-14H2,1-5H3. The van der Waals surface area contributed by atoms with E-state index in [9.17, 15) is 0 Å². The van der Waals surface area contributed by atoms with Gasteiger partial charge < -0.3 is 10.2 Å². The topological polar surface area (TPSA) is 18.5 Å². The fraction of sp³-hybridized carbons (Fsp3) is 1.00. The van der Waals surface area contributed by atoms with Crippen molar-refractivity contribution in [3.05, 3.63) is 0 Å². The van der Waals surface area contributed by atoms with Crippen molar-refractivity contribution in [1.29, 1.82) is 0 Å². The molecule has 19 heavy (non-hydrogen) atoms. The van der Waals surface area contributed by atoms with Crippen molar-refractivity contribution >= 4 is 0 Å². The van der Waals surface area contributed by atoms with E-state index in [1.54, 1.807) is 0 Å². The Labute approximate surface area is 120 Å². The molecule has 0 aromatic heterocycles. The molecule has 3 nitrogen and oxygen atoms in total. The van der Waals surface area contributed by atoms with Crippen molar-refractivity contribution in [2.24, 2.45) is 0 Å². The first-order valence-corrected chi connectivity index (χ1v) is 8.10. The largest absolute Gasteiger partial charge is 0.312 e. The molecule has 1 saturated heterocycles. The molecule has 114 valence electrons. The van der Waals surface area contributed by atoms with E-state index in [1.165, 1.54) is 51.9 Å². The number of rotatable bonds is 6. The Hall–Kier alpha value is -0.120. The van der Waals surface area contributed by atoms with Gasteiger partial charge in [0.15, 0.2) is 0 Å². The van der Waals surface area contributed by atoms with Gasteiger partial charge in [0.25, 0.3) is 0 Å². The number of unbranched alkanes of at least 4 members (excludes halogenated alkanes) is 1. The molecule has 1 aliphatic rings. The normalized spacial score (nSPS) is 23.5. The van der Waals surface area contributed by atoms with Crippen LogP contribution in [0.3, 0.4) is 0 Å². The third-order valence-corrected chi connectivity index (χ3v) is 4.02. The molecule has 1 atom stereocenters. The molecule has 1 rings (SSSR count). The highest BCUT2D eigenvalue weighted by Gasteiger charge is 2.21. The summed E-state index contributed by atoms with van der Waals surface area (Å²) in [5.74, 6) is 0. The molecule has 0 aromatic carbocycles. The van der Waals surface area contributed by atoms with Gasteiger partial charge in [0.1, 0.15) is 0 Å². The maximum Gasteiger partial charge on any atom is 0.0220 e. The first-order chi connectivity index (χ1) is 8.92. The average Bonchev–Trinajstić information content (AvgIpc) is 2.49. The molecule has 3 heteroatoms. The van der Waals surface area contributed by atoms with Gasteiger partial charge in [-0.05, 0) is 79.7 Å². The van der Waals surface area contributed by atoms with Gasteiger partial charge in [0.2, 0.25) is 0 Å². The second kappa shape index (κ2) is 8.23. The molecular formula is C16H35N3. The predicted octanol–water partition coefficient (Wildman–Crippen LogP) is 2.57. The van der Waals surface area contributed by atoms with Crippen molar-refractivity contribution in [1.82, 2.24) is 15.1 Å². The van der Waals surface area contributed by atoms with Gasteiger partial charge in [0.05, 0.1) is 0 Å². The van der Waals surface area contributed by atoms with E-state index in [0.717, 1.165) is 12.6 Å². The van der Waals surface area contributed by atoms with E-state index in [-0.39, 0.29) is 5.54 Å². The van der Waals surface area contributed by atoms with Gasteiger partial charge in [-0.3, -0.25) is 4.90 Å². The molecule has 0 spiro atoms. The third-order valence-electron chi connectivity index (χ3n) is 4.02. The zero-order chi connectivity index (χ0) is 14.3. The van der Waals surface area contributed by atoms with Crippen LogP contribution in [-0.2, 0) is 0 Å². The zero-order valence-corrected chi connectivity index (χ0v) is 13.8. The van der Waals surface area contributed by atoms with Crippen molar-refractivity contribution in [3.63, 3.8) is 0 Å². The van der Waals surface area contributed by atoms with Gasteiger partial charge in [-0.25, -0.2) is 0 Å². The molecule has 0 aromatic rings. The Morgan fingerprint density at radius 2 is 1.89 bits per heavy atom. The fourth-order valence-corrected chi connectivity index (χ4v) is 2.88. The number of nitrogens with one attached hydrogen (secondary N) is 1. The lowest BCUT2D eigenvalue weighted by atomic mass is 10.1. The SMILES string of the molecule is CCC1CN(C)CCCN1CCCCNC(C)(C)C. The highest BCUT2D eigenvalue weighted by Crippen LogP contribution is 2.12. The summed E-state index contributed by atoms with van der Waals surface area (Å²) < 4.78 is 0. The maximum absolute atomic E-state index is 3.58. The molecule has 0 amide bonds. The van der Waals surface area contributed by atoms with Gasteiger partial charge >= 0.3 is 0 Å². The van der Waals surface area contributed by atoms with Crippen LogP contribution in [0.25, 0.3) is 0 Å². The van der Waals surface area contributed by atoms with Crippen LogP contribution in [0.1, 0.15) is 53.4 Å². The van der Waals surface area contributed by atoms with E-state index < -0.39 is 0 Å². The minimum Gasteiger partial charge on any atom is -0.312 e. The first kappa shape index (κ1) is 16.9. The average molecular weight is 269 g/mol. The summed E-state index contributed by atoms with van der Waals surface area (Å²) in [5.41, 5.74) is 0.261. The smallest absolute Gasteiger partial charge is 0.0220 e. The number of hydrogen-bond donors (Lipinski definition) is 1. The predicted molar refractivity (Wildman–Crippen MR) is 84.8 cm³/mol. The van der Waals surface area contributed by atoms with Crippen LogP contribution in [0.2, 0.25) is 0 Å². The van der Waals surface area contributed by atoms with Crippen molar-refractivity contribution in [2.45, 2.75) is 65.0 Å². The number of likely N-dealkylation sites (N-methyl/N-ethyl adjacent to an activating group) is 1. The molecule has 0 saturated carbocycles. The third kappa shape index (κ3) is 7.28. The molecule has 1 aliphatic heterocycles. The van der Waals surface area contributed by atoms with Crippen LogP contribution in [-0.4, -0.2) is 61.2 Å². The number of hydrogen-bond acceptors (Lipinski definition) is 3. The Kier molecular flexibility index (Phi) is 7.33. The van der Waals surface area contributed by atoms with Crippen LogP contribution in [0, 0.1) is 0 Å². The molecule has 1 heterocycles. The van der Waals surface area contributed by atoms with Crippen molar-refractivity contribution < 1.29 is 0 Å². The van der Waals surface area contributed by atoms with Gasteiger partial charge in [-0.2, -0.15) is 0 Å². The monoisotopic (exact) mass is 269 g/mol. The van der Waals surface area contributed by atoms with Crippen LogP contribution in [0.15, 0.2) is 0 Å². The highest BCUT2D eigenvalue weighted by molar-refractivity contribution is 4.78. The van der Waals surface area contributed by atoms with E-state index in [2.05, 4.69) is 49.9 Å². The lowest BCUT2D eigenvalue weighted by Crippen LogP contribution is -2.40. The minimum absolute atomic E-state index is 0.261. The zero-order valence-electron chi connectivity index (χ0n) is 13.8. The Morgan fingerprint density at radius 1 is 1.16 bits per heavy atom. The maximum atomic E-state index is 3.58. The van der Waals surface area contributed by atoms with Crippen LogP contribution < -0.4 is 5.32 Å². The van der Waals surface area contributed by atoms with E-state index in [0.29, 0.717) is 0 Å². The summed E-state index contributed by atoms with van der Waals surface area (Å²) in [6.07, 6.45) is 5.22. The summed E-state index contributed by atoms with van der Waals surface area (Å²) in [6.45, 7) is 15.3. The lowest BCUT2D eigenvalue weighted by Gasteiger charge is -2.30. The highest BCUT2D eigenvalue weighted by atomic mass is 15.2. The number of nitrogens with zero attached hydrogens (tertiary/aromatic N) is 2. The molecular weight excluding hydrogens is 234 g/mol. The van der Waals surface area contributed by atoms with E-state index in [1.807, 2.05) is 0 Å². The summed E-state index contributed by atoms with van der Waals surface area (Å²) in [6, 6.07) is 0.767. The second-order valence-electron chi connectivity index (χ2n) is 7.10. The molecule has 1 N–H and O–H groups in total. The van der Waals surface area contributed by atoms with Crippen molar-refractivity contribution in [3.8, 4) is 0 Å². The molecule has 0 bridgehead atoms. The van der Waals surface area contributed by atoms with Crippen LogP contribution >= 0.6 is 0 Å². The van der Waals surface area contributed by atoms with Gasteiger partial charge in [-0.15, -0.1) is 0 Å². The molecule has 0 radical (unpaired) electrons. The Balaban J connectivity index is 2.22. The van der Waals surface area contributed by atoms with Gasteiger partial charge in [-0.1, -0.05) is 6.92 Å². The van der Waals surface area contributed by atoms with Gasteiger partial charge in [0, 0.05) is 18.1 Å². The molecule has 1 unspecified atom stereocenters. The molecule has 0 aliphatic carbocycles. The van der Waals surface area contributed by atoms with Crippen LogP contribution in [0.4, 0.5) is 0 Å². The minimum atomic E-state index is 0.261. The summed E-state index contributed by atoms with van der Waals surface area (Å²) in [4.78, 5) is 5.22. The quantitative estimate of drug-likeness (QED) is 0.748. The molecule has 1 fully saturated rings. The van der Waals surface area contributed by atoms with E-state index >= 15 is 0 Å². The summed E-state index contributed by atoms with van der Waals surface area (Å²) >= 11 is 0. The summed E-state index contributed by atoms with van der Waals surface area (Å²) in [7, 11) is 2.26. The van der Waals surface area contributed by atoms with Crippen molar-refractivity contribution in [2.75, 3.05) is 39.8 Å². The fourth-order valence-electron chi connectivity index (χ4n) is 2.88. The first-order valence-electron chi connectivity index (χ1n) is 8.10. The second-order valence-corrected chi connectivity index (χ2v) is 7.10. The lowest BCUT2D eigenvalue weighted by molar-refractivity contribution is 0.180. The Bertz CT molecular complexity index is 235. The van der Waals surface area contributed by atoms with Crippen LogP contribution in [0.5, 0.6) is 0 Å². The summed E-state index contributed by atoms with van der Waals surface area (Å²) in [5, 5.41) is 3.58. The Morgan fingerprint density at radius 3 is 2.53 bits per heavy atom. The van der Waals surface area contributed by atoms with E-state index in [4.69, 9.17) is 0 Å².